The second-order valence-electron chi connectivity index (χ2n) is 13.5. The van der Waals surface area contributed by atoms with Crippen molar-refractivity contribution >= 4 is 35.1 Å². The minimum atomic E-state index is -0.727. The number of fused-ring (bicyclic) bond motifs is 2. The Bertz CT molecular complexity index is 1780. The molecule has 2 fully saturated rings. The van der Waals surface area contributed by atoms with Gasteiger partial charge in [-0.25, -0.2) is 9.59 Å². The maximum Gasteiger partial charge on any atom is 0.338 e. The molecule has 3 heterocycles. The van der Waals surface area contributed by atoms with Crippen molar-refractivity contribution in [1.29, 1.82) is 0 Å². The van der Waals surface area contributed by atoms with Gasteiger partial charge in [-0.1, -0.05) is 71.7 Å². The number of hydrogen-bond donors (Lipinski definition) is 1. The van der Waals surface area contributed by atoms with Crippen molar-refractivity contribution in [3.8, 4) is 11.5 Å². The van der Waals surface area contributed by atoms with Crippen LogP contribution >= 0.6 is 23.2 Å². The normalized spacial score (nSPS) is 19.3. The molecule has 52 heavy (non-hydrogen) atoms. The van der Waals surface area contributed by atoms with Crippen LogP contribution < -0.4 is 14.8 Å². The van der Waals surface area contributed by atoms with Gasteiger partial charge in [0.25, 0.3) is 0 Å². The molecule has 0 spiro atoms. The largest absolute Gasteiger partial charge is 0.493 e. The molecular formula is C41H45Cl2N3O6. The van der Waals surface area contributed by atoms with Gasteiger partial charge in [0.05, 0.1) is 29.8 Å². The van der Waals surface area contributed by atoms with Crippen molar-refractivity contribution in [3.63, 3.8) is 0 Å². The van der Waals surface area contributed by atoms with Gasteiger partial charge in [-0.05, 0) is 97.6 Å². The van der Waals surface area contributed by atoms with Crippen LogP contribution in [0.4, 0.5) is 0 Å². The van der Waals surface area contributed by atoms with E-state index in [2.05, 4.69) is 15.2 Å². The molecule has 0 radical (unpaired) electrons. The van der Waals surface area contributed by atoms with Gasteiger partial charge in [0, 0.05) is 31.9 Å². The first kappa shape index (κ1) is 37.6. The zero-order valence-corrected chi connectivity index (χ0v) is 31.1. The summed E-state index contributed by atoms with van der Waals surface area (Å²) in [5.41, 5.74) is 3.68. The van der Waals surface area contributed by atoms with Crippen molar-refractivity contribution in [1.82, 2.24) is 15.2 Å². The molecule has 6 rings (SSSR count). The van der Waals surface area contributed by atoms with Crippen LogP contribution in [0.15, 0.2) is 85.2 Å². The Kier molecular flexibility index (Phi) is 13.1. The van der Waals surface area contributed by atoms with Crippen LogP contribution in [0.3, 0.4) is 0 Å². The van der Waals surface area contributed by atoms with Crippen LogP contribution in [0.1, 0.15) is 70.4 Å². The van der Waals surface area contributed by atoms with E-state index in [-0.39, 0.29) is 18.5 Å². The third-order valence-corrected chi connectivity index (χ3v) is 10.5. The van der Waals surface area contributed by atoms with E-state index in [0.29, 0.717) is 50.7 Å². The van der Waals surface area contributed by atoms with Gasteiger partial charge in [-0.2, -0.15) is 0 Å². The Morgan fingerprint density at radius 2 is 1.67 bits per heavy atom. The number of nitrogens with zero attached hydrogens (tertiary/aromatic N) is 2. The van der Waals surface area contributed by atoms with Crippen molar-refractivity contribution in [2.75, 3.05) is 40.4 Å². The lowest BCUT2D eigenvalue weighted by Gasteiger charge is -2.41. The van der Waals surface area contributed by atoms with Crippen molar-refractivity contribution in [3.05, 3.63) is 123 Å². The first-order valence-corrected chi connectivity index (χ1v) is 18.6. The summed E-state index contributed by atoms with van der Waals surface area (Å²) in [6, 6.07) is 22.0. The number of aromatic nitrogens is 1. The molecule has 3 unspecified atom stereocenters. The highest BCUT2D eigenvalue weighted by atomic mass is 35.5. The molecule has 3 aromatic carbocycles. The number of pyridine rings is 1. The molecule has 2 aliphatic heterocycles. The van der Waals surface area contributed by atoms with Gasteiger partial charge in [0.2, 0.25) is 0 Å². The lowest BCUT2D eigenvalue weighted by atomic mass is 9.88. The predicted octanol–water partition coefficient (Wildman–Crippen LogP) is 7.84. The highest BCUT2D eigenvalue weighted by molar-refractivity contribution is 6.35. The van der Waals surface area contributed by atoms with E-state index < -0.39 is 18.1 Å². The lowest BCUT2D eigenvalue weighted by Crippen LogP contribution is -2.48. The van der Waals surface area contributed by atoms with Crippen LogP contribution in [0.5, 0.6) is 11.5 Å². The molecule has 2 aliphatic rings. The summed E-state index contributed by atoms with van der Waals surface area (Å²) in [5, 5.41) is 4.21. The van der Waals surface area contributed by atoms with Gasteiger partial charge in [0.1, 0.15) is 18.2 Å². The molecule has 1 N–H and O–H groups in total. The molecule has 0 saturated carbocycles. The van der Waals surface area contributed by atoms with Gasteiger partial charge in [0.15, 0.2) is 11.5 Å². The molecule has 4 aromatic rings. The Hall–Kier alpha value is -4.15. The Balaban J connectivity index is 1.06. The summed E-state index contributed by atoms with van der Waals surface area (Å²) >= 11 is 12.9. The number of methoxy groups -OCH3 is 2. The van der Waals surface area contributed by atoms with Crippen LogP contribution in [-0.4, -0.2) is 68.3 Å². The summed E-state index contributed by atoms with van der Waals surface area (Å²) in [4.78, 5) is 33.5. The van der Waals surface area contributed by atoms with E-state index in [4.69, 9.17) is 42.1 Å². The fourth-order valence-corrected chi connectivity index (χ4v) is 7.71. The van der Waals surface area contributed by atoms with Crippen molar-refractivity contribution < 1.29 is 28.5 Å². The molecule has 5 atom stereocenters. The van der Waals surface area contributed by atoms with Crippen LogP contribution in [0.2, 0.25) is 10.0 Å². The van der Waals surface area contributed by atoms with Gasteiger partial charge >= 0.3 is 11.9 Å². The highest BCUT2D eigenvalue weighted by Gasteiger charge is 2.34. The van der Waals surface area contributed by atoms with Crippen molar-refractivity contribution in [2.45, 2.75) is 56.8 Å². The van der Waals surface area contributed by atoms with Gasteiger partial charge < -0.3 is 24.3 Å². The number of carbonyl (C=O) groups excluding carboxylic acids is 2. The molecule has 2 bridgehead atoms. The fraction of sp³-hybridized carbons (Fsp3) is 0.390. The van der Waals surface area contributed by atoms with Crippen LogP contribution in [-0.2, 0) is 27.1 Å². The lowest BCUT2D eigenvalue weighted by molar-refractivity contribution is -0.156. The Morgan fingerprint density at radius 3 is 2.38 bits per heavy atom. The minimum absolute atomic E-state index is 0.0645. The summed E-state index contributed by atoms with van der Waals surface area (Å²) in [6.45, 7) is 3.64. The van der Waals surface area contributed by atoms with E-state index >= 15 is 0 Å². The molecule has 0 amide bonds. The number of piperidine rings is 2. The number of halogens is 2. The second kappa shape index (κ2) is 18.1. The quantitative estimate of drug-likeness (QED) is 0.0964. The molecule has 2 saturated heterocycles. The SMILES string of the molecule is COc1ccc([C@H](Cc2c(Cl)cncc2Cl)OC(=O)c2ccc(CCCNC(C(=O)O[C@@H]3CC4CCCN(C4)C3)c3ccccc3)cc2)cc1OC. The summed E-state index contributed by atoms with van der Waals surface area (Å²) in [5.74, 6) is 0.957. The summed E-state index contributed by atoms with van der Waals surface area (Å²) in [6.07, 6.45) is 7.38. The zero-order valence-electron chi connectivity index (χ0n) is 29.6. The topological polar surface area (TPSA) is 99.2 Å². The van der Waals surface area contributed by atoms with Gasteiger partial charge in [-0.15, -0.1) is 0 Å². The van der Waals surface area contributed by atoms with Gasteiger partial charge in [-0.3, -0.25) is 9.88 Å². The standard InChI is InChI=1S/C41H45Cl2N3O6/c1-49-36-17-16-31(21-38(36)50-2)37(22-33-34(42)23-44-24-35(33)43)52-40(47)30-14-12-27(13-15-30)8-6-18-45-39(29-10-4-3-5-11-29)41(48)51-32-20-28-9-7-19-46(25-28)26-32/h3-5,10-17,21,23-24,28,32,37,39,45H,6-9,18-20,22,25-26H2,1-2H3/t28?,32-,37+,39?/m1/s1. The molecule has 1 aromatic heterocycles. The van der Waals surface area contributed by atoms with E-state index in [9.17, 15) is 9.59 Å². The molecule has 0 aliphatic carbocycles. The first-order chi connectivity index (χ1) is 25.3. The fourth-order valence-electron chi connectivity index (χ4n) is 7.19. The van der Waals surface area contributed by atoms with E-state index in [0.717, 1.165) is 50.0 Å². The van der Waals surface area contributed by atoms with Crippen LogP contribution in [0, 0.1) is 5.92 Å². The maximum absolute atomic E-state index is 13.5. The maximum atomic E-state index is 13.5. The first-order valence-electron chi connectivity index (χ1n) is 17.8. The number of carbonyl (C=O) groups is 2. The summed E-state index contributed by atoms with van der Waals surface area (Å²) in [7, 11) is 3.11. The summed E-state index contributed by atoms with van der Waals surface area (Å²) < 4.78 is 23.1. The smallest absolute Gasteiger partial charge is 0.338 e. The average Bonchev–Trinajstić information content (AvgIpc) is 3.16. The number of benzene rings is 3. The van der Waals surface area contributed by atoms with E-state index in [1.165, 1.54) is 25.2 Å². The molecule has 274 valence electrons. The number of hydrogen-bond acceptors (Lipinski definition) is 9. The monoisotopic (exact) mass is 745 g/mol. The number of nitrogens with one attached hydrogen (secondary N) is 1. The highest BCUT2D eigenvalue weighted by Crippen LogP contribution is 2.36. The minimum Gasteiger partial charge on any atom is -0.493 e. The number of rotatable bonds is 15. The molecular weight excluding hydrogens is 701 g/mol. The van der Waals surface area contributed by atoms with E-state index in [1.807, 2.05) is 48.5 Å². The molecule has 9 nitrogen and oxygen atoms in total. The number of aryl methyl sites for hydroxylation is 1. The zero-order chi connectivity index (χ0) is 36.5. The van der Waals surface area contributed by atoms with Crippen LogP contribution in [0.25, 0.3) is 0 Å². The third kappa shape index (κ3) is 9.63. The second-order valence-corrected chi connectivity index (χ2v) is 14.3. The predicted molar refractivity (Wildman–Crippen MR) is 201 cm³/mol. The van der Waals surface area contributed by atoms with Crippen molar-refractivity contribution in [2.24, 2.45) is 5.92 Å². The number of ether oxygens (including phenoxy) is 4. The Morgan fingerprint density at radius 1 is 0.923 bits per heavy atom. The Labute approximate surface area is 315 Å². The third-order valence-electron chi connectivity index (χ3n) is 9.86. The average molecular weight is 747 g/mol. The van der Waals surface area contributed by atoms with E-state index in [1.54, 1.807) is 38.5 Å². The molecule has 11 heteroatoms. The number of esters is 2.